The molecule has 0 atom stereocenters. The van der Waals surface area contributed by atoms with Gasteiger partial charge in [-0.2, -0.15) is 0 Å². The van der Waals surface area contributed by atoms with Crippen molar-refractivity contribution >= 4 is 11.6 Å². The second-order valence-electron chi connectivity index (χ2n) is 5.96. The Balaban J connectivity index is 1.80. The molecule has 0 bridgehead atoms. The number of nitrogens with one attached hydrogen (secondary N) is 1. The number of rotatable bonds is 6. The van der Waals surface area contributed by atoms with Crippen molar-refractivity contribution in [2.45, 2.75) is 31.8 Å². The minimum Gasteiger partial charge on any atom is -0.494 e. The maximum Gasteiger partial charge on any atom is 0.235 e. The summed E-state index contributed by atoms with van der Waals surface area (Å²) in [4.78, 5) is 12.7. The van der Waals surface area contributed by atoms with Gasteiger partial charge in [0, 0.05) is 11.3 Å². The number of anilines is 1. The van der Waals surface area contributed by atoms with Crippen LogP contribution in [-0.2, 0) is 16.8 Å². The molecule has 0 saturated heterocycles. The van der Waals surface area contributed by atoms with Gasteiger partial charge in [-0.1, -0.05) is 12.1 Å². The Labute approximate surface area is 140 Å². The summed E-state index contributed by atoms with van der Waals surface area (Å²) in [6, 6.07) is 11.4. The Hall–Kier alpha value is -2.40. The Morgan fingerprint density at radius 2 is 2.08 bits per heavy atom. The molecule has 4 nitrogen and oxygen atoms in total. The molecule has 2 N–H and O–H groups in total. The lowest BCUT2D eigenvalue weighted by Crippen LogP contribution is -2.28. The zero-order chi connectivity index (χ0) is 17.2. The zero-order valence-electron chi connectivity index (χ0n) is 13.5. The molecule has 5 heteroatoms. The largest absolute Gasteiger partial charge is 0.494 e. The quantitative estimate of drug-likeness (QED) is 0.854. The summed E-state index contributed by atoms with van der Waals surface area (Å²) in [7, 11) is 0. The summed E-state index contributed by atoms with van der Waals surface area (Å²) in [6.07, 6.45) is 1.40. The molecular formula is C19H20FNO3. The topological polar surface area (TPSA) is 58.6 Å². The SMILES string of the molecule is CCOc1ccc(NC(=O)C2(c3cccc(F)c3)CC2)cc1CO. The Morgan fingerprint density at radius 1 is 1.29 bits per heavy atom. The average molecular weight is 329 g/mol. The number of aliphatic hydroxyl groups excluding tert-OH is 1. The van der Waals surface area contributed by atoms with E-state index < -0.39 is 5.41 Å². The highest BCUT2D eigenvalue weighted by Gasteiger charge is 2.51. The summed E-state index contributed by atoms with van der Waals surface area (Å²) < 4.78 is 18.9. The Bertz CT molecular complexity index is 756. The van der Waals surface area contributed by atoms with Crippen molar-refractivity contribution in [1.82, 2.24) is 0 Å². The summed E-state index contributed by atoms with van der Waals surface area (Å²) in [6.45, 7) is 2.20. The first-order valence-corrected chi connectivity index (χ1v) is 8.03. The summed E-state index contributed by atoms with van der Waals surface area (Å²) in [5.41, 5.74) is 1.26. The highest BCUT2D eigenvalue weighted by atomic mass is 19.1. The molecule has 126 valence electrons. The second kappa shape index (κ2) is 6.61. The minimum absolute atomic E-state index is 0.152. The molecule has 2 aromatic carbocycles. The molecule has 1 aliphatic rings. The lowest BCUT2D eigenvalue weighted by molar-refractivity contribution is -0.118. The summed E-state index contributed by atoms with van der Waals surface area (Å²) in [5.74, 6) is 0.112. The van der Waals surface area contributed by atoms with Gasteiger partial charge in [0.2, 0.25) is 5.91 Å². The van der Waals surface area contributed by atoms with E-state index in [4.69, 9.17) is 4.74 Å². The van der Waals surface area contributed by atoms with E-state index >= 15 is 0 Å². The van der Waals surface area contributed by atoms with Gasteiger partial charge in [0.05, 0.1) is 18.6 Å². The van der Waals surface area contributed by atoms with E-state index in [1.165, 1.54) is 12.1 Å². The van der Waals surface area contributed by atoms with Crippen LogP contribution in [0.5, 0.6) is 5.75 Å². The zero-order valence-corrected chi connectivity index (χ0v) is 13.5. The van der Waals surface area contributed by atoms with E-state index in [2.05, 4.69) is 5.32 Å². The van der Waals surface area contributed by atoms with E-state index in [1.54, 1.807) is 30.3 Å². The molecule has 1 amide bonds. The van der Waals surface area contributed by atoms with Crippen molar-refractivity contribution < 1.29 is 19.0 Å². The van der Waals surface area contributed by atoms with Gasteiger partial charge in [0.25, 0.3) is 0 Å². The van der Waals surface area contributed by atoms with Crippen molar-refractivity contribution in [1.29, 1.82) is 0 Å². The second-order valence-corrected chi connectivity index (χ2v) is 5.96. The van der Waals surface area contributed by atoms with Gasteiger partial charge in [-0.15, -0.1) is 0 Å². The lowest BCUT2D eigenvalue weighted by atomic mass is 9.94. The third kappa shape index (κ3) is 3.12. The van der Waals surface area contributed by atoms with E-state index in [0.29, 0.717) is 42.0 Å². The number of hydrogen-bond acceptors (Lipinski definition) is 3. The standard InChI is InChI=1S/C19H20FNO3/c1-2-24-17-7-6-16(10-13(17)12-22)21-18(23)19(8-9-19)14-4-3-5-15(20)11-14/h3-7,10-11,22H,2,8-9,12H2,1H3,(H,21,23). The Morgan fingerprint density at radius 3 is 2.71 bits per heavy atom. The molecule has 0 heterocycles. The fourth-order valence-corrected chi connectivity index (χ4v) is 2.89. The first kappa shape index (κ1) is 16.5. The van der Waals surface area contributed by atoms with Crippen LogP contribution < -0.4 is 10.1 Å². The summed E-state index contributed by atoms with van der Waals surface area (Å²) in [5, 5.41) is 12.3. The molecule has 0 radical (unpaired) electrons. The van der Waals surface area contributed by atoms with Gasteiger partial charge in [-0.3, -0.25) is 4.79 Å². The number of halogens is 1. The van der Waals surface area contributed by atoms with E-state index in [0.717, 1.165) is 0 Å². The van der Waals surface area contributed by atoms with E-state index in [9.17, 15) is 14.3 Å². The molecule has 3 rings (SSSR count). The number of carbonyl (C=O) groups excluding carboxylic acids is 1. The Kier molecular flexibility index (Phi) is 4.53. The molecule has 1 aliphatic carbocycles. The molecule has 0 aromatic heterocycles. The molecule has 2 aromatic rings. The van der Waals surface area contributed by atoms with Gasteiger partial charge in [0.15, 0.2) is 0 Å². The van der Waals surface area contributed by atoms with Crippen LogP contribution in [0.1, 0.15) is 30.9 Å². The van der Waals surface area contributed by atoms with Gasteiger partial charge in [0.1, 0.15) is 11.6 Å². The van der Waals surface area contributed by atoms with Crippen LogP contribution in [0.3, 0.4) is 0 Å². The first-order chi connectivity index (χ1) is 11.6. The number of hydrogen-bond donors (Lipinski definition) is 2. The van der Waals surface area contributed by atoms with Crippen LogP contribution in [0, 0.1) is 5.82 Å². The van der Waals surface area contributed by atoms with Crippen LogP contribution in [0.25, 0.3) is 0 Å². The highest BCUT2D eigenvalue weighted by Crippen LogP contribution is 2.49. The molecule has 0 aliphatic heterocycles. The lowest BCUT2D eigenvalue weighted by Gasteiger charge is -2.17. The van der Waals surface area contributed by atoms with Crippen LogP contribution >= 0.6 is 0 Å². The first-order valence-electron chi connectivity index (χ1n) is 8.03. The van der Waals surface area contributed by atoms with Gasteiger partial charge >= 0.3 is 0 Å². The maximum atomic E-state index is 13.5. The van der Waals surface area contributed by atoms with Crippen LogP contribution in [0.2, 0.25) is 0 Å². The van der Waals surface area contributed by atoms with Crippen molar-refractivity contribution in [3.8, 4) is 5.75 Å². The molecule has 24 heavy (non-hydrogen) atoms. The molecule has 0 spiro atoms. The normalized spacial score (nSPS) is 15.0. The third-order valence-corrected chi connectivity index (χ3v) is 4.35. The number of benzene rings is 2. The smallest absolute Gasteiger partial charge is 0.235 e. The predicted molar refractivity (Wildman–Crippen MR) is 89.5 cm³/mol. The number of carbonyl (C=O) groups is 1. The van der Waals surface area contributed by atoms with Gasteiger partial charge in [-0.25, -0.2) is 4.39 Å². The van der Waals surface area contributed by atoms with Crippen molar-refractivity contribution in [2.24, 2.45) is 0 Å². The fraction of sp³-hybridized carbons (Fsp3) is 0.316. The minimum atomic E-state index is -0.653. The van der Waals surface area contributed by atoms with Gasteiger partial charge in [-0.05, 0) is 55.7 Å². The number of ether oxygens (including phenoxy) is 1. The fourth-order valence-electron chi connectivity index (χ4n) is 2.89. The number of amides is 1. The molecule has 1 saturated carbocycles. The third-order valence-electron chi connectivity index (χ3n) is 4.35. The van der Waals surface area contributed by atoms with Crippen molar-refractivity contribution in [3.63, 3.8) is 0 Å². The average Bonchev–Trinajstić information content (AvgIpc) is 3.38. The number of aliphatic hydroxyl groups is 1. The monoisotopic (exact) mass is 329 g/mol. The van der Waals surface area contributed by atoms with Crippen molar-refractivity contribution in [2.75, 3.05) is 11.9 Å². The van der Waals surface area contributed by atoms with Crippen LogP contribution in [0.4, 0.5) is 10.1 Å². The predicted octanol–water partition coefficient (Wildman–Crippen LogP) is 3.39. The molecular weight excluding hydrogens is 309 g/mol. The van der Waals surface area contributed by atoms with Crippen LogP contribution in [0.15, 0.2) is 42.5 Å². The molecule has 1 fully saturated rings. The van der Waals surface area contributed by atoms with Gasteiger partial charge < -0.3 is 15.2 Å². The maximum absolute atomic E-state index is 13.5. The summed E-state index contributed by atoms with van der Waals surface area (Å²) >= 11 is 0. The molecule has 0 unspecified atom stereocenters. The van der Waals surface area contributed by atoms with E-state index in [-0.39, 0.29) is 18.3 Å². The highest BCUT2D eigenvalue weighted by molar-refractivity contribution is 6.01. The van der Waals surface area contributed by atoms with Crippen molar-refractivity contribution in [3.05, 3.63) is 59.4 Å². The van der Waals surface area contributed by atoms with E-state index in [1.807, 2.05) is 6.92 Å². The van der Waals surface area contributed by atoms with Crippen LogP contribution in [-0.4, -0.2) is 17.6 Å².